The summed E-state index contributed by atoms with van der Waals surface area (Å²) in [6.07, 6.45) is 6.98. The number of Topliss-reactive ketones (excluding diaryl/α,β-unsaturated/α-hetero) is 1. The van der Waals surface area contributed by atoms with Crippen LogP contribution < -0.4 is 0 Å². The third kappa shape index (κ3) is 4.75. The third-order valence-electron chi connectivity index (χ3n) is 3.77. The normalized spacial score (nSPS) is 17.7. The first-order valence-electron chi connectivity index (χ1n) is 7.27. The zero-order valence-electron chi connectivity index (χ0n) is 11.4. The lowest BCUT2D eigenvalue weighted by Gasteiger charge is -2.24. The van der Waals surface area contributed by atoms with Crippen LogP contribution in [-0.4, -0.2) is 30.3 Å². The Balaban J connectivity index is 1.80. The molecule has 2 nitrogen and oxygen atoms in total. The fourth-order valence-electron chi connectivity index (χ4n) is 2.58. The smallest absolute Gasteiger partial charge is 0.164 e. The van der Waals surface area contributed by atoms with Gasteiger partial charge in [-0.15, -0.1) is 0 Å². The first kappa shape index (κ1) is 14.2. The minimum Gasteiger partial charge on any atom is -0.303 e. The second kappa shape index (κ2) is 7.39. The Bertz CT molecular complexity index is 394. The Kier molecular flexibility index (Phi) is 5.52. The van der Waals surface area contributed by atoms with Crippen LogP contribution in [0.4, 0.5) is 4.39 Å². The second-order valence-electron chi connectivity index (χ2n) is 5.29. The monoisotopic (exact) mass is 263 g/mol. The molecule has 1 aromatic carbocycles. The van der Waals surface area contributed by atoms with Crippen molar-refractivity contribution in [2.24, 2.45) is 0 Å². The maximum absolute atomic E-state index is 12.8. The van der Waals surface area contributed by atoms with Gasteiger partial charge < -0.3 is 4.90 Å². The molecule has 0 amide bonds. The van der Waals surface area contributed by atoms with Crippen molar-refractivity contribution >= 4 is 5.78 Å². The van der Waals surface area contributed by atoms with Gasteiger partial charge in [-0.05, 0) is 50.2 Å². The molecule has 0 unspecified atom stereocenters. The van der Waals surface area contributed by atoms with E-state index in [2.05, 4.69) is 4.90 Å². The van der Waals surface area contributed by atoms with E-state index in [-0.39, 0.29) is 11.6 Å². The van der Waals surface area contributed by atoms with E-state index in [0.29, 0.717) is 12.0 Å². The standard InChI is InChI=1S/C16H22FNO/c17-15-8-6-14(7-9-15)16(19)10-13-18-11-4-2-1-3-5-12-18/h6-9H,1-5,10-13H2. The molecule has 0 aliphatic carbocycles. The van der Waals surface area contributed by atoms with Crippen molar-refractivity contribution in [3.63, 3.8) is 0 Å². The number of rotatable bonds is 4. The molecular formula is C16H22FNO. The van der Waals surface area contributed by atoms with E-state index >= 15 is 0 Å². The van der Waals surface area contributed by atoms with Crippen molar-refractivity contribution in [2.75, 3.05) is 19.6 Å². The van der Waals surface area contributed by atoms with E-state index in [4.69, 9.17) is 0 Å². The zero-order chi connectivity index (χ0) is 13.5. The van der Waals surface area contributed by atoms with E-state index in [1.165, 1.54) is 44.2 Å². The second-order valence-corrected chi connectivity index (χ2v) is 5.29. The van der Waals surface area contributed by atoms with Gasteiger partial charge in [-0.3, -0.25) is 4.79 Å². The summed E-state index contributed by atoms with van der Waals surface area (Å²) in [5, 5.41) is 0. The van der Waals surface area contributed by atoms with E-state index in [9.17, 15) is 9.18 Å². The summed E-state index contributed by atoms with van der Waals surface area (Å²) in [6.45, 7) is 3.05. The number of carbonyl (C=O) groups is 1. The number of nitrogens with zero attached hydrogens (tertiary/aromatic N) is 1. The van der Waals surface area contributed by atoms with Crippen LogP contribution in [0.15, 0.2) is 24.3 Å². The lowest BCUT2D eigenvalue weighted by atomic mass is 10.1. The molecule has 2 rings (SSSR count). The van der Waals surface area contributed by atoms with Crippen LogP contribution in [-0.2, 0) is 0 Å². The van der Waals surface area contributed by atoms with E-state index in [0.717, 1.165) is 19.6 Å². The Morgan fingerprint density at radius 3 is 2.21 bits per heavy atom. The molecule has 104 valence electrons. The number of carbonyl (C=O) groups excluding carboxylic acids is 1. The van der Waals surface area contributed by atoms with Crippen LogP contribution in [0.25, 0.3) is 0 Å². The van der Waals surface area contributed by atoms with Crippen LogP contribution in [0.5, 0.6) is 0 Å². The molecule has 0 spiro atoms. The van der Waals surface area contributed by atoms with Gasteiger partial charge in [0.2, 0.25) is 0 Å². The molecule has 0 radical (unpaired) electrons. The van der Waals surface area contributed by atoms with Gasteiger partial charge in [-0.1, -0.05) is 19.3 Å². The van der Waals surface area contributed by atoms with Crippen LogP contribution in [0.3, 0.4) is 0 Å². The van der Waals surface area contributed by atoms with Crippen LogP contribution in [0.2, 0.25) is 0 Å². The summed E-state index contributed by atoms with van der Waals surface area (Å²) in [7, 11) is 0. The van der Waals surface area contributed by atoms with Crippen molar-refractivity contribution < 1.29 is 9.18 Å². The average molecular weight is 263 g/mol. The Labute approximate surface area is 114 Å². The highest BCUT2D eigenvalue weighted by atomic mass is 19.1. The number of likely N-dealkylation sites (tertiary alicyclic amines) is 1. The van der Waals surface area contributed by atoms with Crippen LogP contribution in [0.1, 0.15) is 48.9 Å². The lowest BCUT2D eigenvalue weighted by molar-refractivity contribution is 0.0962. The highest BCUT2D eigenvalue weighted by molar-refractivity contribution is 5.96. The number of hydrogen-bond acceptors (Lipinski definition) is 2. The molecule has 0 aromatic heterocycles. The molecule has 1 fully saturated rings. The summed E-state index contributed by atoms with van der Waals surface area (Å²) in [6, 6.07) is 5.85. The van der Waals surface area contributed by atoms with Gasteiger partial charge in [-0.25, -0.2) is 4.39 Å². The van der Waals surface area contributed by atoms with Gasteiger partial charge in [0.25, 0.3) is 0 Å². The number of ketones is 1. The molecule has 0 saturated carbocycles. The largest absolute Gasteiger partial charge is 0.303 e. The zero-order valence-corrected chi connectivity index (χ0v) is 11.4. The predicted octanol–water partition coefficient (Wildman–Crippen LogP) is 3.66. The number of halogens is 1. The highest BCUT2D eigenvalue weighted by Crippen LogP contribution is 2.12. The first-order valence-corrected chi connectivity index (χ1v) is 7.27. The summed E-state index contributed by atoms with van der Waals surface area (Å²) < 4.78 is 12.8. The highest BCUT2D eigenvalue weighted by Gasteiger charge is 2.11. The van der Waals surface area contributed by atoms with Crippen molar-refractivity contribution in [3.05, 3.63) is 35.6 Å². The molecule has 0 bridgehead atoms. The molecule has 1 aliphatic heterocycles. The molecular weight excluding hydrogens is 241 g/mol. The van der Waals surface area contributed by atoms with Crippen LogP contribution in [0, 0.1) is 5.82 Å². The maximum atomic E-state index is 12.8. The quantitative estimate of drug-likeness (QED) is 0.773. The van der Waals surface area contributed by atoms with Gasteiger partial charge in [-0.2, -0.15) is 0 Å². The maximum Gasteiger partial charge on any atom is 0.164 e. The van der Waals surface area contributed by atoms with E-state index in [1.54, 1.807) is 12.1 Å². The molecule has 1 aliphatic rings. The van der Waals surface area contributed by atoms with Gasteiger partial charge in [0.15, 0.2) is 5.78 Å². The lowest BCUT2D eigenvalue weighted by Crippen LogP contribution is -2.29. The fraction of sp³-hybridized carbons (Fsp3) is 0.562. The van der Waals surface area contributed by atoms with Crippen molar-refractivity contribution in [3.8, 4) is 0 Å². The number of benzene rings is 1. The van der Waals surface area contributed by atoms with Gasteiger partial charge in [0.05, 0.1) is 0 Å². The minimum atomic E-state index is -0.291. The van der Waals surface area contributed by atoms with E-state index in [1.807, 2.05) is 0 Å². The minimum absolute atomic E-state index is 0.113. The Morgan fingerprint density at radius 1 is 1.00 bits per heavy atom. The van der Waals surface area contributed by atoms with Gasteiger partial charge in [0.1, 0.15) is 5.82 Å². The number of hydrogen-bond donors (Lipinski definition) is 0. The fourth-order valence-corrected chi connectivity index (χ4v) is 2.58. The first-order chi connectivity index (χ1) is 9.25. The van der Waals surface area contributed by atoms with Crippen molar-refractivity contribution in [2.45, 2.75) is 38.5 Å². The van der Waals surface area contributed by atoms with Crippen molar-refractivity contribution in [1.82, 2.24) is 4.90 Å². The van der Waals surface area contributed by atoms with E-state index < -0.39 is 0 Å². The SMILES string of the molecule is O=C(CCN1CCCCCCC1)c1ccc(F)cc1. The van der Waals surface area contributed by atoms with Crippen LogP contribution >= 0.6 is 0 Å². The van der Waals surface area contributed by atoms with Gasteiger partial charge >= 0.3 is 0 Å². The average Bonchev–Trinajstić information content (AvgIpc) is 2.38. The molecule has 1 saturated heterocycles. The Morgan fingerprint density at radius 2 is 1.58 bits per heavy atom. The summed E-state index contributed by atoms with van der Waals surface area (Å²) >= 11 is 0. The molecule has 1 heterocycles. The Hall–Kier alpha value is -1.22. The summed E-state index contributed by atoms with van der Waals surface area (Å²) in [5.74, 6) is -0.178. The molecule has 19 heavy (non-hydrogen) atoms. The third-order valence-corrected chi connectivity index (χ3v) is 3.77. The summed E-state index contributed by atoms with van der Waals surface area (Å²) in [5.41, 5.74) is 0.619. The molecule has 0 atom stereocenters. The molecule has 0 N–H and O–H groups in total. The van der Waals surface area contributed by atoms with Crippen molar-refractivity contribution in [1.29, 1.82) is 0 Å². The summed E-state index contributed by atoms with van der Waals surface area (Å²) in [4.78, 5) is 14.4. The van der Waals surface area contributed by atoms with Gasteiger partial charge in [0, 0.05) is 18.5 Å². The predicted molar refractivity (Wildman–Crippen MR) is 74.9 cm³/mol. The molecule has 1 aromatic rings. The molecule has 3 heteroatoms. The topological polar surface area (TPSA) is 20.3 Å².